The van der Waals surface area contributed by atoms with E-state index >= 15 is 0 Å². The van der Waals surface area contributed by atoms with Gasteiger partial charge in [0.15, 0.2) is 5.56 Å². The number of nitrogens with one attached hydrogen (secondary N) is 4. The summed E-state index contributed by atoms with van der Waals surface area (Å²) < 4.78 is 0. The van der Waals surface area contributed by atoms with Crippen LogP contribution >= 0.6 is 11.8 Å². The fourth-order valence-corrected chi connectivity index (χ4v) is 5.09. The first-order valence-electron chi connectivity index (χ1n) is 11.7. The summed E-state index contributed by atoms with van der Waals surface area (Å²) in [6.07, 6.45) is 8.62. The van der Waals surface area contributed by atoms with Crippen molar-refractivity contribution in [1.29, 1.82) is 0 Å². The molecule has 1 saturated carbocycles. The van der Waals surface area contributed by atoms with Crippen LogP contribution in [0.1, 0.15) is 38.3 Å². The minimum absolute atomic E-state index is 0.191. The quantitative estimate of drug-likeness (QED) is 0.237. The molecule has 2 aromatic rings. The number of amides is 1. The number of thioether (sulfide) groups is 1. The lowest BCUT2D eigenvalue weighted by Gasteiger charge is -2.27. The molecule has 0 bridgehead atoms. The minimum Gasteiger partial charge on any atom is -0.364 e. The molecule has 1 aromatic heterocycles. The lowest BCUT2D eigenvalue weighted by molar-refractivity contribution is -0.117. The Bertz CT molecular complexity index is 1080. The van der Waals surface area contributed by atoms with Crippen LogP contribution in [0.25, 0.3) is 10.9 Å². The number of allylic oxidation sites excluding steroid dienone is 2. The molecule has 1 aromatic carbocycles. The van der Waals surface area contributed by atoms with Crippen LogP contribution in [0.2, 0.25) is 0 Å². The number of para-hydroxylation sites is 1. The van der Waals surface area contributed by atoms with Crippen LogP contribution < -0.4 is 16.0 Å². The Morgan fingerprint density at radius 3 is 2.76 bits per heavy atom. The standard InChI is InChI=1S/C25H32N6O2S/c1-3-17(15-22-23(32)31-25(33)34-22)29-24(26-2)30-19-10-8-18(9-11-19)27-13-12-20-14-16-6-4-5-7-21(16)28-20/h3-7,14-15,18-19,25,27-28,33H,2,8-13H2,1H3,(H,29,30)(H,31,32)/b17-3-,22-15-. The topological polar surface area (TPSA) is 114 Å². The second-order valence-electron chi connectivity index (χ2n) is 8.52. The van der Waals surface area contributed by atoms with Gasteiger partial charge >= 0.3 is 0 Å². The van der Waals surface area contributed by atoms with Crippen LogP contribution in [-0.2, 0) is 11.2 Å². The Morgan fingerprint density at radius 2 is 2.09 bits per heavy atom. The highest BCUT2D eigenvalue weighted by Gasteiger charge is 2.25. The van der Waals surface area contributed by atoms with Crippen LogP contribution in [0, 0.1) is 0 Å². The van der Waals surface area contributed by atoms with Crippen molar-refractivity contribution in [2.24, 2.45) is 9.98 Å². The monoisotopic (exact) mass is 480 g/mol. The number of aromatic amines is 1. The molecular formula is C25H32N6O2S. The van der Waals surface area contributed by atoms with Crippen LogP contribution in [0.3, 0.4) is 0 Å². The first-order chi connectivity index (χ1) is 16.5. The van der Waals surface area contributed by atoms with Gasteiger partial charge in [-0.15, -0.1) is 0 Å². The molecule has 0 radical (unpaired) electrons. The maximum atomic E-state index is 11.8. The SMILES string of the molecule is C=NC(=NC1CCC(NCCc2cc3ccccc3[nH]2)CC1)NC(=C\C)/C=C1\SC(O)NC1=O. The molecule has 1 atom stereocenters. The number of rotatable bonds is 7. The number of carbonyl (C=O) groups is 1. The minimum atomic E-state index is -0.909. The number of nitrogens with zero attached hydrogens (tertiary/aromatic N) is 2. The Labute approximate surface area is 204 Å². The molecular weight excluding hydrogens is 448 g/mol. The summed E-state index contributed by atoms with van der Waals surface area (Å²) in [5, 5.41) is 20.1. The lowest BCUT2D eigenvalue weighted by Crippen LogP contribution is -2.36. The van der Waals surface area contributed by atoms with Crippen LogP contribution in [0.4, 0.5) is 0 Å². The molecule has 8 nitrogen and oxygen atoms in total. The second kappa shape index (κ2) is 11.5. The van der Waals surface area contributed by atoms with Gasteiger partial charge in [0.1, 0.15) is 0 Å². The highest BCUT2D eigenvalue weighted by atomic mass is 32.2. The van der Waals surface area contributed by atoms with E-state index in [1.807, 2.05) is 13.0 Å². The number of aromatic nitrogens is 1. The van der Waals surface area contributed by atoms with Gasteiger partial charge in [0.25, 0.3) is 5.91 Å². The normalized spacial score (nSPS) is 25.1. The highest BCUT2D eigenvalue weighted by Crippen LogP contribution is 2.26. The van der Waals surface area contributed by atoms with Gasteiger partial charge in [0.2, 0.25) is 5.96 Å². The predicted octanol–water partition coefficient (Wildman–Crippen LogP) is 3.18. The molecule has 5 N–H and O–H groups in total. The summed E-state index contributed by atoms with van der Waals surface area (Å²) in [5.41, 5.74) is 2.23. The van der Waals surface area contributed by atoms with Crippen LogP contribution in [-0.4, -0.2) is 52.9 Å². The molecule has 4 rings (SSSR count). The largest absolute Gasteiger partial charge is 0.364 e. The zero-order valence-corrected chi connectivity index (χ0v) is 20.2. The van der Waals surface area contributed by atoms with Crippen molar-refractivity contribution in [3.05, 3.63) is 58.8 Å². The number of carbonyl (C=O) groups excluding carboxylic acids is 1. The average molecular weight is 481 g/mol. The van der Waals surface area contributed by atoms with E-state index in [0.29, 0.717) is 22.6 Å². The van der Waals surface area contributed by atoms with Gasteiger partial charge < -0.3 is 26.0 Å². The molecule has 34 heavy (non-hydrogen) atoms. The van der Waals surface area contributed by atoms with Gasteiger partial charge in [-0.3, -0.25) is 4.79 Å². The van der Waals surface area contributed by atoms with Gasteiger partial charge in [-0.2, -0.15) is 0 Å². The second-order valence-corrected chi connectivity index (χ2v) is 9.65. The molecule has 1 saturated heterocycles. The number of aliphatic hydroxyl groups excluding tert-OH is 1. The number of benzene rings is 1. The number of H-pyrrole nitrogens is 1. The number of aliphatic hydroxyl groups is 1. The van der Waals surface area contributed by atoms with Crippen molar-refractivity contribution in [2.75, 3.05) is 6.54 Å². The summed E-state index contributed by atoms with van der Waals surface area (Å²) in [6.45, 7) is 6.45. The van der Waals surface area contributed by atoms with Crippen LogP contribution in [0.5, 0.6) is 0 Å². The molecule has 2 aliphatic rings. The molecule has 0 spiro atoms. The number of guanidine groups is 1. The van der Waals surface area contributed by atoms with Crippen molar-refractivity contribution in [3.63, 3.8) is 0 Å². The van der Waals surface area contributed by atoms with Gasteiger partial charge in [-0.05, 0) is 69.3 Å². The Balaban J connectivity index is 1.23. The third kappa shape index (κ3) is 6.37. The molecule has 1 aliphatic heterocycles. The number of aliphatic imine (C=N–C) groups is 2. The zero-order chi connectivity index (χ0) is 23.9. The maximum Gasteiger partial charge on any atom is 0.260 e. The summed E-state index contributed by atoms with van der Waals surface area (Å²) in [6, 6.07) is 11.3. The van der Waals surface area contributed by atoms with Gasteiger partial charge in [0, 0.05) is 29.5 Å². The van der Waals surface area contributed by atoms with Gasteiger partial charge in [-0.1, -0.05) is 36.0 Å². The van der Waals surface area contributed by atoms with E-state index in [1.54, 1.807) is 6.08 Å². The highest BCUT2D eigenvalue weighted by molar-refractivity contribution is 8.04. The van der Waals surface area contributed by atoms with E-state index in [0.717, 1.165) is 50.4 Å². The fraction of sp³-hybridized carbons (Fsp3) is 0.400. The number of hydrogen-bond donors (Lipinski definition) is 5. The van der Waals surface area contributed by atoms with Crippen LogP contribution in [0.15, 0.2) is 63.1 Å². The smallest absolute Gasteiger partial charge is 0.260 e. The van der Waals surface area contributed by atoms with Crippen molar-refractivity contribution in [3.8, 4) is 0 Å². The maximum absolute atomic E-state index is 11.8. The first kappa shape index (κ1) is 24.3. The van der Waals surface area contributed by atoms with E-state index in [4.69, 9.17) is 4.99 Å². The third-order valence-corrected chi connectivity index (χ3v) is 7.03. The molecule has 1 aliphatic carbocycles. The number of hydrogen-bond acceptors (Lipinski definition) is 5. The van der Waals surface area contributed by atoms with Gasteiger partial charge in [0.05, 0.1) is 10.9 Å². The summed E-state index contributed by atoms with van der Waals surface area (Å²) >= 11 is 1.07. The van der Waals surface area contributed by atoms with Crippen molar-refractivity contribution in [1.82, 2.24) is 20.9 Å². The molecule has 2 fully saturated rings. The Hall–Kier alpha value is -2.88. The first-order valence-corrected chi connectivity index (χ1v) is 12.6. The molecule has 1 unspecified atom stereocenters. The van der Waals surface area contributed by atoms with Crippen molar-refractivity contribution < 1.29 is 9.90 Å². The average Bonchev–Trinajstić information content (AvgIpc) is 3.40. The molecule has 9 heteroatoms. The van der Waals surface area contributed by atoms with Gasteiger partial charge in [-0.25, -0.2) is 9.98 Å². The summed E-state index contributed by atoms with van der Waals surface area (Å²) in [5.74, 6) is 0.156. The van der Waals surface area contributed by atoms with E-state index < -0.39 is 5.56 Å². The number of fused-ring (bicyclic) bond motifs is 1. The molecule has 180 valence electrons. The van der Waals surface area contributed by atoms with Crippen molar-refractivity contribution in [2.45, 2.75) is 56.7 Å². The predicted molar refractivity (Wildman–Crippen MR) is 140 cm³/mol. The fourth-order valence-electron chi connectivity index (χ4n) is 4.32. The zero-order valence-electron chi connectivity index (χ0n) is 19.4. The Morgan fingerprint density at radius 1 is 1.29 bits per heavy atom. The van der Waals surface area contributed by atoms with Crippen molar-refractivity contribution >= 4 is 41.2 Å². The lowest BCUT2D eigenvalue weighted by atomic mass is 9.91. The van der Waals surface area contributed by atoms with E-state index in [2.05, 4.69) is 63.0 Å². The van der Waals surface area contributed by atoms with E-state index in [-0.39, 0.29) is 11.9 Å². The molecule has 1 amide bonds. The van der Waals surface area contributed by atoms with E-state index in [9.17, 15) is 9.90 Å². The Kier molecular flexibility index (Phi) is 8.21. The summed E-state index contributed by atoms with van der Waals surface area (Å²) in [7, 11) is 0. The van der Waals surface area contributed by atoms with E-state index in [1.165, 1.54) is 16.6 Å². The summed E-state index contributed by atoms with van der Waals surface area (Å²) in [4.78, 5) is 24.6. The third-order valence-electron chi connectivity index (χ3n) is 6.14. The molecule has 2 heterocycles.